The molecule has 0 fully saturated rings. The van der Waals surface area contributed by atoms with Gasteiger partial charge >= 0.3 is 0 Å². The molecular formula is C15H13BrCl3N. The van der Waals surface area contributed by atoms with Crippen molar-refractivity contribution in [1.82, 2.24) is 0 Å². The van der Waals surface area contributed by atoms with Crippen molar-refractivity contribution in [2.45, 2.75) is 19.4 Å². The molecule has 2 rings (SSSR count). The number of rotatable bonds is 4. The molecule has 0 amide bonds. The fraction of sp³-hybridized carbons (Fsp3) is 0.200. The van der Waals surface area contributed by atoms with Crippen LogP contribution in [0.5, 0.6) is 0 Å². The molecule has 1 nitrogen and oxygen atoms in total. The topological polar surface area (TPSA) is 12.0 Å². The van der Waals surface area contributed by atoms with Crippen molar-refractivity contribution >= 4 is 56.4 Å². The molecular weight excluding hydrogens is 380 g/mol. The number of hydrogen-bond donors (Lipinski definition) is 1. The van der Waals surface area contributed by atoms with E-state index in [1.54, 1.807) is 12.1 Å². The minimum atomic E-state index is 0.165. The molecule has 5 heteroatoms. The van der Waals surface area contributed by atoms with Gasteiger partial charge < -0.3 is 5.32 Å². The highest BCUT2D eigenvalue weighted by atomic mass is 79.9. The smallest absolute Gasteiger partial charge is 0.0653 e. The van der Waals surface area contributed by atoms with Crippen molar-refractivity contribution in [3.63, 3.8) is 0 Å². The minimum Gasteiger partial charge on any atom is -0.377 e. The van der Waals surface area contributed by atoms with Crippen LogP contribution in [0.1, 0.15) is 24.9 Å². The quantitative estimate of drug-likeness (QED) is 0.553. The molecule has 0 spiro atoms. The van der Waals surface area contributed by atoms with Crippen LogP contribution in [0.2, 0.25) is 15.1 Å². The van der Waals surface area contributed by atoms with E-state index in [1.807, 2.05) is 12.1 Å². The van der Waals surface area contributed by atoms with Gasteiger partial charge in [0.25, 0.3) is 0 Å². The van der Waals surface area contributed by atoms with Gasteiger partial charge in [-0.2, -0.15) is 0 Å². The van der Waals surface area contributed by atoms with E-state index in [2.05, 4.69) is 40.3 Å². The van der Waals surface area contributed by atoms with Crippen molar-refractivity contribution in [2.75, 3.05) is 5.32 Å². The Balaban J connectivity index is 2.26. The van der Waals surface area contributed by atoms with Crippen molar-refractivity contribution in [1.29, 1.82) is 0 Å². The van der Waals surface area contributed by atoms with Crippen LogP contribution in [0.15, 0.2) is 40.9 Å². The van der Waals surface area contributed by atoms with Crippen LogP contribution >= 0.6 is 50.7 Å². The lowest BCUT2D eigenvalue weighted by Gasteiger charge is -2.20. The zero-order valence-electron chi connectivity index (χ0n) is 10.8. The van der Waals surface area contributed by atoms with Gasteiger partial charge in [-0.05, 0) is 36.2 Å². The lowest BCUT2D eigenvalue weighted by Crippen LogP contribution is -2.10. The highest BCUT2D eigenvalue weighted by Crippen LogP contribution is 2.34. The van der Waals surface area contributed by atoms with Crippen LogP contribution in [-0.2, 0) is 0 Å². The fourth-order valence-electron chi connectivity index (χ4n) is 1.94. The van der Waals surface area contributed by atoms with Gasteiger partial charge in [0.2, 0.25) is 0 Å². The van der Waals surface area contributed by atoms with E-state index in [-0.39, 0.29) is 6.04 Å². The summed E-state index contributed by atoms with van der Waals surface area (Å²) in [5.74, 6) is 0. The molecule has 1 N–H and O–H groups in total. The predicted molar refractivity (Wildman–Crippen MR) is 92.3 cm³/mol. The van der Waals surface area contributed by atoms with E-state index >= 15 is 0 Å². The van der Waals surface area contributed by atoms with Gasteiger partial charge in [-0.25, -0.2) is 0 Å². The molecule has 1 unspecified atom stereocenters. The zero-order chi connectivity index (χ0) is 14.7. The van der Waals surface area contributed by atoms with Gasteiger partial charge in [0.15, 0.2) is 0 Å². The van der Waals surface area contributed by atoms with E-state index < -0.39 is 0 Å². The molecule has 0 aromatic heterocycles. The van der Waals surface area contributed by atoms with Crippen LogP contribution in [0, 0.1) is 0 Å². The summed E-state index contributed by atoms with van der Waals surface area (Å²) in [5.41, 5.74) is 1.98. The third-order valence-corrected chi connectivity index (χ3v) is 4.58. The second-order valence-electron chi connectivity index (χ2n) is 4.40. The van der Waals surface area contributed by atoms with Gasteiger partial charge in [-0.15, -0.1) is 0 Å². The van der Waals surface area contributed by atoms with Crippen molar-refractivity contribution < 1.29 is 0 Å². The first-order chi connectivity index (χ1) is 9.51. The summed E-state index contributed by atoms with van der Waals surface area (Å²) in [5, 5.41) is 4.92. The molecule has 0 heterocycles. The SMILES string of the molecule is CCC(Nc1cc(Cl)c(Cl)cc1Cl)c1ccc(Br)cc1. The molecule has 2 aromatic rings. The molecule has 0 bridgehead atoms. The summed E-state index contributed by atoms with van der Waals surface area (Å²) in [6.07, 6.45) is 0.929. The monoisotopic (exact) mass is 391 g/mol. The maximum absolute atomic E-state index is 6.20. The Morgan fingerprint density at radius 3 is 2.20 bits per heavy atom. The highest BCUT2D eigenvalue weighted by Gasteiger charge is 2.12. The third kappa shape index (κ3) is 3.82. The maximum atomic E-state index is 6.20. The summed E-state index contributed by atoms with van der Waals surface area (Å²) in [6.45, 7) is 2.12. The molecule has 1 atom stereocenters. The largest absolute Gasteiger partial charge is 0.377 e. The Hall–Kier alpha value is -0.410. The van der Waals surface area contributed by atoms with E-state index in [0.717, 1.165) is 16.6 Å². The Bertz CT molecular complexity index is 599. The third-order valence-electron chi connectivity index (χ3n) is 3.02. The predicted octanol–water partition coefficient (Wildman–Crippen LogP) is 6.97. The van der Waals surface area contributed by atoms with Crippen molar-refractivity contribution in [3.05, 3.63) is 61.5 Å². The molecule has 0 aliphatic heterocycles. The summed E-state index contributed by atoms with van der Waals surface area (Å²) in [6, 6.07) is 11.8. The summed E-state index contributed by atoms with van der Waals surface area (Å²) >= 11 is 21.6. The number of nitrogens with one attached hydrogen (secondary N) is 1. The Kier molecular flexibility index (Phi) is 5.62. The number of halogens is 4. The van der Waals surface area contributed by atoms with Crippen LogP contribution in [-0.4, -0.2) is 0 Å². The zero-order valence-corrected chi connectivity index (χ0v) is 14.6. The fourth-order valence-corrected chi connectivity index (χ4v) is 2.80. The summed E-state index contributed by atoms with van der Waals surface area (Å²) in [4.78, 5) is 0. The van der Waals surface area contributed by atoms with Gasteiger partial charge in [0.05, 0.1) is 26.8 Å². The molecule has 2 aromatic carbocycles. The molecule has 0 saturated heterocycles. The van der Waals surface area contributed by atoms with E-state index in [0.29, 0.717) is 15.1 Å². The molecule has 0 aliphatic rings. The average molecular weight is 394 g/mol. The molecule has 20 heavy (non-hydrogen) atoms. The molecule has 0 aliphatic carbocycles. The molecule has 0 saturated carbocycles. The Morgan fingerprint density at radius 1 is 1.00 bits per heavy atom. The van der Waals surface area contributed by atoms with E-state index in [4.69, 9.17) is 34.8 Å². The lowest BCUT2D eigenvalue weighted by molar-refractivity contribution is 0.749. The van der Waals surface area contributed by atoms with Gasteiger partial charge in [0, 0.05) is 4.47 Å². The average Bonchev–Trinajstić information content (AvgIpc) is 2.42. The Morgan fingerprint density at radius 2 is 1.60 bits per heavy atom. The second-order valence-corrected chi connectivity index (χ2v) is 6.54. The van der Waals surface area contributed by atoms with Crippen LogP contribution in [0.25, 0.3) is 0 Å². The van der Waals surface area contributed by atoms with Crippen LogP contribution < -0.4 is 5.32 Å². The first-order valence-electron chi connectivity index (χ1n) is 6.17. The summed E-state index contributed by atoms with van der Waals surface area (Å²) < 4.78 is 1.06. The molecule has 0 radical (unpaired) electrons. The van der Waals surface area contributed by atoms with Crippen LogP contribution in [0.4, 0.5) is 5.69 Å². The van der Waals surface area contributed by atoms with E-state index in [9.17, 15) is 0 Å². The minimum absolute atomic E-state index is 0.165. The molecule has 106 valence electrons. The lowest BCUT2D eigenvalue weighted by atomic mass is 10.0. The summed E-state index contributed by atoms with van der Waals surface area (Å²) in [7, 11) is 0. The van der Waals surface area contributed by atoms with Crippen LogP contribution in [0.3, 0.4) is 0 Å². The first-order valence-corrected chi connectivity index (χ1v) is 8.10. The van der Waals surface area contributed by atoms with Crippen molar-refractivity contribution in [3.8, 4) is 0 Å². The van der Waals surface area contributed by atoms with Gasteiger partial charge in [0.1, 0.15) is 0 Å². The number of hydrogen-bond acceptors (Lipinski definition) is 1. The van der Waals surface area contributed by atoms with Crippen molar-refractivity contribution in [2.24, 2.45) is 0 Å². The Labute approximate surface area is 142 Å². The highest BCUT2D eigenvalue weighted by molar-refractivity contribution is 9.10. The maximum Gasteiger partial charge on any atom is 0.0653 e. The standard InChI is InChI=1S/C15H13BrCl3N/c1-2-14(9-3-5-10(16)6-4-9)20-15-8-12(18)11(17)7-13(15)19/h3-8,14,20H,2H2,1H3. The van der Waals surface area contributed by atoms with E-state index in [1.165, 1.54) is 5.56 Å². The second kappa shape index (κ2) is 7.04. The number of anilines is 1. The van der Waals surface area contributed by atoms with Gasteiger partial charge in [-0.1, -0.05) is 69.8 Å². The first kappa shape index (κ1) is 16.0. The van der Waals surface area contributed by atoms with Gasteiger partial charge in [-0.3, -0.25) is 0 Å². The normalized spacial score (nSPS) is 12.2. The number of benzene rings is 2.